The van der Waals surface area contributed by atoms with Gasteiger partial charge in [0.25, 0.3) is 6.29 Å². The molecule has 0 bridgehead atoms. The van der Waals surface area contributed by atoms with Crippen LogP contribution in [0.1, 0.15) is 361 Å². The number of hydrogen-bond donors (Lipinski definition) is 1. The van der Waals surface area contributed by atoms with Crippen molar-refractivity contribution >= 4 is 17.9 Å². The molecule has 2 unspecified atom stereocenters. The smallest absolute Gasteiger partial charge is 0.361 e. The van der Waals surface area contributed by atoms with E-state index in [4.69, 9.17) is 18.9 Å². The third-order valence-electron chi connectivity index (χ3n) is 17.7. The fourth-order valence-electron chi connectivity index (χ4n) is 11.5. The van der Waals surface area contributed by atoms with Crippen LogP contribution in [-0.2, 0) is 33.3 Å². The molecule has 9 heteroatoms. The molecule has 97 heavy (non-hydrogen) atoms. The van der Waals surface area contributed by atoms with Crippen LogP contribution in [0.5, 0.6) is 0 Å². The molecule has 0 aromatic heterocycles. The fourth-order valence-corrected chi connectivity index (χ4v) is 11.5. The summed E-state index contributed by atoms with van der Waals surface area (Å²) in [7, 11) is 5.99. The highest BCUT2D eigenvalue weighted by Crippen LogP contribution is 2.19. The SMILES string of the molecule is CC/C=C\C/C=C\C/C=C\C/C=C\C/C=C\C/C=C\C/C=C\C/C=C\C/C=C\CCCCCCCCCCCCCCCC(=O)OC(COC(=O)CCCCCCCCCCCCCCCCCCCCC/C=C\CCCCCCCCCC)COC(OCC[N+](C)(C)C)C(=O)O. The van der Waals surface area contributed by atoms with Gasteiger partial charge in [-0.2, -0.15) is 0 Å². The number of carboxylic acid groups (broad SMARTS) is 1. The molecular formula is C88H154NO8+. The van der Waals surface area contributed by atoms with Crippen LogP contribution in [0.25, 0.3) is 0 Å². The maximum Gasteiger partial charge on any atom is 0.361 e. The number of hydrogen-bond acceptors (Lipinski definition) is 7. The Labute approximate surface area is 599 Å². The molecule has 0 aromatic rings. The third kappa shape index (κ3) is 78.9. The van der Waals surface area contributed by atoms with Crippen molar-refractivity contribution in [3.63, 3.8) is 0 Å². The summed E-state index contributed by atoms with van der Waals surface area (Å²) in [5.74, 6) is -1.99. The molecular weight excluding hydrogens is 1200 g/mol. The Morgan fingerprint density at radius 3 is 0.887 bits per heavy atom. The number of likely N-dealkylation sites (N-methyl/N-ethyl adjacent to an activating group) is 1. The van der Waals surface area contributed by atoms with E-state index < -0.39 is 24.3 Å². The average Bonchev–Trinajstić information content (AvgIpc) is 3.27. The molecule has 0 aliphatic carbocycles. The topological polar surface area (TPSA) is 108 Å². The van der Waals surface area contributed by atoms with Gasteiger partial charge in [-0.05, 0) is 109 Å². The van der Waals surface area contributed by atoms with Crippen molar-refractivity contribution in [2.24, 2.45) is 0 Å². The van der Waals surface area contributed by atoms with Crippen molar-refractivity contribution in [1.82, 2.24) is 0 Å². The van der Waals surface area contributed by atoms with E-state index in [0.29, 0.717) is 23.9 Å². The highest BCUT2D eigenvalue weighted by atomic mass is 16.7. The van der Waals surface area contributed by atoms with E-state index in [0.717, 1.165) is 96.3 Å². The first kappa shape index (κ1) is 92.7. The molecule has 0 spiro atoms. The van der Waals surface area contributed by atoms with E-state index in [2.05, 4.69) is 135 Å². The quantitative estimate of drug-likeness (QED) is 0.0211. The number of unbranched alkanes of at least 4 members (excludes halogenated alkanes) is 40. The summed E-state index contributed by atoms with van der Waals surface area (Å²) in [5, 5.41) is 9.78. The van der Waals surface area contributed by atoms with Crippen molar-refractivity contribution < 1.29 is 42.9 Å². The zero-order valence-corrected chi connectivity index (χ0v) is 64.0. The molecule has 0 radical (unpaired) electrons. The van der Waals surface area contributed by atoms with Gasteiger partial charge in [0.15, 0.2) is 6.10 Å². The number of carboxylic acids is 1. The lowest BCUT2D eigenvalue weighted by molar-refractivity contribution is -0.870. The zero-order valence-electron chi connectivity index (χ0n) is 64.0. The molecule has 0 aliphatic rings. The van der Waals surface area contributed by atoms with Crippen LogP contribution in [0.2, 0.25) is 0 Å². The summed E-state index contributed by atoms with van der Waals surface area (Å²) in [6.07, 6.45) is 108. The Kier molecular flexibility index (Phi) is 74.0. The third-order valence-corrected chi connectivity index (χ3v) is 17.7. The second-order valence-electron chi connectivity index (χ2n) is 28.3. The Morgan fingerprint density at radius 1 is 0.320 bits per heavy atom. The number of carbonyl (C=O) groups excluding carboxylic acids is 2. The fraction of sp³-hybridized carbons (Fsp3) is 0.739. The number of allylic oxidation sites excluding steroid dienone is 20. The van der Waals surface area contributed by atoms with Crippen LogP contribution in [0.15, 0.2) is 122 Å². The maximum absolute atomic E-state index is 13.0. The summed E-state index contributed by atoms with van der Waals surface area (Å²) in [6.45, 7) is 4.80. The lowest BCUT2D eigenvalue weighted by Gasteiger charge is -2.25. The predicted octanol–water partition coefficient (Wildman–Crippen LogP) is 26.3. The first-order chi connectivity index (χ1) is 47.6. The van der Waals surface area contributed by atoms with Crippen molar-refractivity contribution in [3.05, 3.63) is 122 Å². The Morgan fingerprint density at radius 2 is 0.588 bits per heavy atom. The van der Waals surface area contributed by atoms with Crippen LogP contribution in [-0.4, -0.2) is 87.4 Å². The molecule has 0 saturated carbocycles. The number of esters is 2. The monoisotopic (exact) mass is 1350 g/mol. The van der Waals surface area contributed by atoms with Gasteiger partial charge in [-0.1, -0.05) is 360 Å². The normalized spacial score (nSPS) is 13.3. The predicted molar refractivity (Wildman–Crippen MR) is 419 cm³/mol. The van der Waals surface area contributed by atoms with Crippen molar-refractivity contribution in [3.8, 4) is 0 Å². The standard InChI is InChI=1S/C88H153NO8/c1-6-8-10-12-14-16-18-20-22-24-26-28-30-32-34-36-38-39-40-41-42-43-44-45-46-47-49-51-53-55-57-59-61-63-65-67-69-71-73-75-77-79-86(91)97-84(83-96-88(87(92)93)94-81-80-89(3,4)5)82-95-85(90)78-76-74-72-70-68-66-64-62-60-58-56-54-52-50-48-37-35-33-31-29-27-25-23-21-19-17-15-13-11-9-7-2/h8,10,14,16,20,22,25-28,32,34,38-39,41-42,44-45,47,49,84,88H,6-7,9,11-13,15,17-19,21,23-24,29-31,33,35-37,40,43,46,48,50-83H2,1-5H3/p+1/b10-8-,16-14-,22-20-,27-25-,28-26-,34-32-,39-38-,42-41-,45-44-,49-47-. The molecule has 0 saturated heterocycles. The van der Waals surface area contributed by atoms with Gasteiger partial charge in [0.05, 0.1) is 34.4 Å². The van der Waals surface area contributed by atoms with E-state index in [9.17, 15) is 19.5 Å². The first-order valence-corrected chi connectivity index (χ1v) is 40.7. The van der Waals surface area contributed by atoms with Crippen LogP contribution < -0.4 is 0 Å². The van der Waals surface area contributed by atoms with Gasteiger partial charge >= 0.3 is 17.9 Å². The molecule has 0 aliphatic heterocycles. The largest absolute Gasteiger partial charge is 0.477 e. The number of ether oxygens (including phenoxy) is 4. The molecule has 0 fully saturated rings. The summed E-state index contributed by atoms with van der Waals surface area (Å²) in [4.78, 5) is 37.8. The van der Waals surface area contributed by atoms with Crippen LogP contribution in [0, 0.1) is 0 Å². The van der Waals surface area contributed by atoms with Crippen molar-refractivity contribution in [1.29, 1.82) is 0 Å². The second kappa shape index (κ2) is 77.4. The second-order valence-corrected chi connectivity index (χ2v) is 28.3. The molecule has 1 N–H and O–H groups in total. The van der Waals surface area contributed by atoms with Gasteiger partial charge < -0.3 is 28.5 Å². The Hall–Kier alpha value is -4.31. The van der Waals surface area contributed by atoms with E-state index in [1.165, 1.54) is 231 Å². The molecule has 9 nitrogen and oxygen atoms in total. The van der Waals surface area contributed by atoms with Crippen LogP contribution in [0.3, 0.4) is 0 Å². The number of nitrogens with zero attached hydrogens (tertiary/aromatic N) is 1. The highest BCUT2D eigenvalue weighted by Gasteiger charge is 2.25. The minimum absolute atomic E-state index is 0.183. The van der Waals surface area contributed by atoms with Crippen LogP contribution in [0.4, 0.5) is 0 Å². The highest BCUT2D eigenvalue weighted by molar-refractivity contribution is 5.71. The van der Waals surface area contributed by atoms with Crippen molar-refractivity contribution in [2.45, 2.75) is 373 Å². The van der Waals surface area contributed by atoms with E-state index in [-0.39, 0.29) is 32.2 Å². The zero-order chi connectivity index (χ0) is 70.4. The lowest BCUT2D eigenvalue weighted by Crippen LogP contribution is -2.40. The van der Waals surface area contributed by atoms with Gasteiger partial charge in [0, 0.05) is 12.8 Å². The average molecular weight is 1350 g/mol. The number of aliphatic carboxylic acids is 1. The van der Waals surface area contributed by atoms with Gasteiger partial charge in [-0.3, -0.25) is 9.59 Å². The number of carbonyl (C=O) groups is 3. The molecule has 2 atom stereocenters. The lowest BCUT2D eigenvalue weighted by atomic mass is 10.0. The molecule has 0 rings (SSSR count). The Bertz CT molecular complexity index is 2020. The van der Waals surface area contributed by atoms with E-state index in [1.807, 2.05) is 21.1 Å². The molecule has 558 valence electrons. The molecule has 0 aromatic carbocycles. The molecule has 0 heterocycles. The minimum Gasteiger partial charge on any atom is -0.477 e. The van der Waals surface area contributed by atoms with Gasteiger partial charge in [0.2, 0.25) is 0 Å². The Balaban J connectivity index is 4.04. The van der Waals surface area contributed by atoms with E-state index in [1.54, 1.807) is 0 Å². The summed E-state index contributed by atoms with van der Waals surface area (Å²) in [6, 6.07) is 0. The number of quaternary nitrogens is 1. The van der Waals surface area contributed by atoms with Gasteiger partial charge in [-0.15, -0.1) is 0 Å². The van der Waals surface area contributed by atoms with Gasteiger partial charge in [-0.25, -0.2) is 4.79 Å². The summed E-state index contributed by atoms with van der Waals surface area (Å²) >= 11 is 0. The van der Waals surface area contributed by atoms with Crippen molar-refractivity contribution in [2.75, 3.05) is 47.5 Å². The van der Waals surface area contributed by atoms with Gasteiger partial charge in [0.1, 0.15) is 13.2 Å². The first-order valence-electron chi connectivity index (χ1n) is 40.7. The maximum atomic E-state index is 13.0. The van der Waals surface area contributed by atoms with E-state index >= 15 is 0 Å². The summed E-state index contributed by atoms with van der Waals surface area (Å²) in [5.41, 5.74) is 0. The minimum atomic E-state index is -1.52. The van der Waals surface area contributed by atoms with Crippen LogP contribution >= 0.6 is 0 Å². The summed E-state index contributed by atoms with van der Waals surface area (Å²) < 4.78 is 23.1. The molecule has 0 amide bonds. The number of rotatable bonds is 75.